The molecule has 1 aromatic carbocycles. The van der Waals surface area contributed by atoms with E-state index in [1.165, 1.54) is 0 Å². The van der Waals surface area contributed by atoms with Crippen LogP contribution in [0, 0.1) is 0 Å². The summed E-state index contributed by atoms with van der Waals surface area (Å²) in [5, 5.41) is 20.6. The van der Waals surface area contributed by atoms with Crippen LogP contribution in [0.25, 0.3) is 0 Å². The van der Waals surface area contributed by atoms with E-state index in [-0.39, 0.29) is 11.9 Å². The van der Waals surface area contributed by atoms with E-state index in [0.29, 0.717) is 25.8 Å². The van der Waals surface area contributed by atoms with Gasteiger partial charge in [0.25, 0.3) is 0 Å². The van der Waals surface area contributed by atoms with Gasteiger partial charge in [0.2, 0.25) is 5.91 Å². The largest absolute Gasteiger partial charge is 0.388 e. The molecule has 118 valence electrons. The number of rotatable bonds is 8. The van der Waals surface area contributed by atoms with Crippen molar-refractivity contribution >= 4 is 5.91 Å². The van der Waals surface area contributed by atoms with Crippen LogP contribution in [0.3, 0.4) is 0 Å². The Morgan fingerprint density at radius 3 is 2.82 bits per heavy atom. The Hall–Kier alpha value is -2.21. The molecule has 0 saturated heterocycles. The van der Waals surface area contributed by atoms with E-state index in [1.54, 1.807) is 17.1 Å². The van der Waals surface area contributed by atoms with E-state index in [1.807, 2.05) is 37.3 Å². The number of benzene rings is 1. The first-order valence-corrected chi connectivity index (χ1v) is 7.51. The molecule has 2 aromatic rings. The van der Waals surface area contributed by atoms with Gasteiger partial charge in [-0.15, -0.1) is 5.10 Å². The van der Waals surface area contributed by atoms with Gasteiger partial charge in [-0.25, -0.2) is 0 Å². The number of amides is 1. The number of carbonyl (C=O) groups excluding carboxylic acids is 1. The molecule has 1 amide bonds. The number of hydrogen-bond donors (Lipinski definition) is 2. The minimum atomic E-state index is -0.563. The quantitative estimate of drug-likeness (QED) is 0.777. The average molecular weight is 302 g/mol. The van der Waals surface area contributed by atoms with Crippen molar-refractivity contribution in [3.05, 3.63) is 48.3 Å². The summed E-state index contributed by atoms with van der Waals surface area (Å²) in [5.74, 6) is -0.00660. The van der Waals surface area contributed by atoms with Gasteiger partial charge >= 0.3 is 0 Å². The summed E-state index contributed by atoms with van der Waals surface area (Å²) >= 11 is 0. The van der Waals surface area contributed by atoms with Gasteiger partial charge in [0, 0.05) is 25.2 Å². The number of aryl methyl sites for hydroxylation is 1. The minimum absolute atomic E-state index is 0.00660. The molecular weight excluding hydrogens is 280 g/mol. The lowest BCUT2D eigenvalue weighted by molar-refractivity contribution is -0.122. The zero-order valence-corrected chi connectivity index (χ0v) is 12.7. The lowest BCUT2D eigenvalue weighted by atomic mass is 10.0. The predicted molar refractivity (Wildman–Crippen MR) is 82.9 cm³/mol. The van der Waals surface area contributed by atoms with E-state index in [2.05, 4.69) is 15.6 Å². The SMILES string of the molecule is CC(CC(O)c1ccccc1)NC(=O)CCCn1ccnn1. The maximum absolute atomic E-state index is 11.9. The van der Waals surface area contributed by atoms with Gasteiger partial charge in [0.05, 0.1) is 12.3 Å². The van der Waals surface area contributed by atoms with Crippen LogP contribution in [0.4, 0.5) is 0 Å². The first-order valence-electron chi connectivity index (χ1n) is 7.51. The fourth-order valence-corrected chi connectivity index (χ4v) is 2.31. The van der Waals surface area contributed by atoms with Crippen molar-refractivity contribution in [2.24, 2.45) is 0 Å². The van der Waals surface area contributed by atoms with Gasteiger partial charge in [-0.2, -0.15) is 0 Å². The van der Waals surface area contributed by atoms with E-state index < -0.39 is 6.10 Å². The molecule has 2 unspecified atom stereocenters. The number of aromatic nitrogens is 3. The van der Waals surface area contributed by atoms with E-state index in [0.717, 1.165) is 5.56 Å². The van der Waals surface area contributed by atoms with Gasteiger partial charge < -0.3 is 10.4 Å². The molecule has 1 heterocycles. The summed E-state index contributed by atoms with van der Waals surface area (Å²) in [7, 11) is 0. The van der Waals surface area contributed by atoms with Crippen LogP contribution in [0.15, 0.2) is 42.7 Å². The summed E-state index contributed by atoms with van der Waals surface area (Å²) in [6.45, 7) is 2.58. The fraction of sp³-hybridized carbons (Fsp3) is 0.438. The smallest absolute Gasteiger partial charge is 0.220 e. The molecule has 0 aliphatic carbocycles. The Morgan fingerprint density at radius 2 is 2.14 bits per heavy atom. The third-order valence-electron chi connectivity index (χ3n) is 3.43. The lowest BCUT2D eigenvalue weighted by Gasteiger charge is -2.18. The van der Waals surface area contributed by atoms with Crippen molar-refractivity contribution in [3.63, 3.8) is 0 Å². The Bertz CT molecular complexity index is 557. The second-order valence-electron chi connectivity index (χ2n) is 5.40. The van der Waals surface area contributed by atoms with Gasteiger partial charge in [0.1, 0.15) is 0 Å². The highest BCUT2D eigenvalue weighted by atomic mass is 16.3. The summed E-state index contributed by atoms with van der Waals surface area (Å²) < 4.78 is 1.70. The van der Waals surface area contributed by atoms with Crippen LogP contribution < -0.4 is 5.32 Å². The Kier molecular flexibility index (Phi) is 6.09. The molecule has 2 rings (SSSR count). The summed E-state index contributed by atoms with van der Waals surface area (Å²) in [6, 6.07) is 9.40. The monoisotopic (exact) mass is 302 g/mol. The Morgan fingerprint density at radius 1 is 1.36 bits per heavy atom. The molecule has 22 heavy (non-hydrogen) atoms. The van der Waals surface area contributed by atoms with Crippen LogP contribution in [0.1, 0.15) is 37.9 Å². The predicted octanol–water partition coefficient (Wildman–Crippen LogP) is 1.69. The zero-order chi connectivity index (χ0) is 15.8. The number of aliphatic hydroxyl groups excluding tert-OH is 1. The molecule has 0 spiro atoms. The van der Waals surface area contributed by atoms with Crippen molar-refractivity contribution in [3.8, 4) is 0 Å². The number of nitrogens with one attached hydrogen (secondary N) is 1. The first-order chi connectivity index (χ1) is 10.6. The van der Waals surface area contributed by atoms with Crippen LogP contribution in [0.2, 0.25) is 0 Å². The maximum atomic E-state index is 11.9. The molecule has 0 aliphatic rings. The van der Waals surface area contributed by atoms with Gasteiger partial charge in [0.15, 0.2) is 0 Å². The second-order valence-corrected chi connectivity index (χ2v) is 5.40. The number of hydrogen-bond acceptors (Lipinski definition) is 4. The maximum Gasteiger partial charge on any atom is 0.220 e. The molecule has 0 bridgehead atoms. The highest BCUT2D eigenvalue weighted by molar-refractivity contribution is 5.76. The molecule has 0 radical (unpaired) electrons. The van der Waals surface area contributed by atoms with Crippen molar-refractivity contribution in [1.29, 1.82) is 0 Å². The third-order valence-corrected chi connectivity index (χ3v) is 3.43. The number of aliphatic hydroxyl groups is 1. The van der Waals surface area contributed by atoms with Crippen LogP contribution in [-0.2, 0) is 11.3 Å². The normalized spacial score (nSPS) is 13.5. The zero-order valence-electron chi connectivity index (χ0n) is 12.7. The van der Waals surface area contributed by atoms with Gasteiger partial charge in [-0.1, -0.05) is 35.5 Å². The van der Waals surface area contributed by atoms with Gasteiger partial charge in [-0.3, -0.25) is 9.48 Å². The molecule has 1 aromatic heterocycles. The standard InChI is InChI=1S/C16H22N4O2/c1-13(12-15(21)14-6-3-2-4-7-14)18-16(22)8-5-10-20-11-9-17-19-20/h2-4,6-7,9,11,13,15,21H,5,8,10,12H2,1H3,(H,18,22). The molecule has 0 aliphatic heterocycles. The van der Waals surface area contributed by atoms with Crippen LogP contribution in [-0.4, -0.2) is 32.0 Å². The van der Waals surface area contributed by atoms with E-state index >= 15 is 0 Å². The summed E-state index contributed by atoms with van der Waals surface area (Å²) in [4.78, 5) is 11.9. The number of carbonyl (C=O) groups is 1. The molecule has 6 nitrogen and oxygen atoms in total. The minimum Gasteiger partial charge on any atom is -0.388 e. The highest BCUT2D eigenvalue weighted by Crippen LogP contribution is 2.17. The van der Waals surface area contributed by atoms with Crippen molar-refractivity contribution in [2.45, 2.75) is 44.9 Å². The van der Waals surface area contributed by atoms with E-state index in [4.69, 9.17) is 0 Å². The topological polar surface area (TPSA) is 80.0 Å². The third kappa shape index (κ3) is 5.29. The summed E-state index contributed by atoms with van der Waals surface area (Å²) in [5.41, 5.74) is 0.870. The highest BCUT2D eigenvalue weighted by Gasteiger charge is 2.14. The Balaban J connectivity index is 1.67. The van der Waals surface area contributed by atoms with E-state index in [9.17, 15) is 9.90 Å². The number of nitrogens with zero attached hydrogens (tertiary/aromatic N) is 3. The first kappa shape index (κ1) is 16.2. The lowest BCUT2D eigenvalue weighted by Crippen LogP contribution is -2.33. The van der Waals surface area contributed by atoms with Gasteiger partial charge in [-0.05, 0) is 25.3 Å². The average Bonchev–Trinajstić information content (AvgIpc) is 3.01. The van der Waals surface area contributed by atoms with Crippen molar-refractivity contribution in [1.82, 2.24) is 20.3 Å². The van der Waals surface area contributed by atoms with Crippen molar-refractivity contribution < 1.29 is 9.90 Å². The van der Waals surface area contributed by atoms with Crippen LogP contribution in [0.5, 0.6) is 0 Å². The second kappa shape index (κ2) is 8.29. The summed E-state index contributed by atoms with van der Waals surface area (Å²) in [6.07, 6.45) is 4.48. The molecule has 0 fully saturated rings. The Labute approximate surface area is 130 Å². The van der Waals surface area contributed by atoms with Crippen LogP contribution >= 0.6 is 0 Å². The molecular formula is C16H22N4O2. The molecule has 2 N–H and O–H groups in total. The molecule has 0 saturated carbocycles. The molecule has 6 heteroatoms. The fourth-order valence-electron chi connectivity index (χ4n) is 2.31. The van der Waals surface area contributed by atoms with Crippen molar-refractivity contribution in [2.75, 3.05) is 0 Å². The molecule has 2 atom stereocenters.